The number of fused-ring (bicyclic) bond motifs is 3. The van der Waals surface area contributed by atoms with Crippen LogP contribution in [0.4, 0.5) is 0 Å². The van der Waals surface area contributed by atoms with E-state index in [2.05, 4.69) is 32.7 Å². The van der Waals surface area contributed by atoms with Gasteiger partial charge in [-0.15, -0.1) is 32.9 Å². The monoisotopic (exact) mass is 353 g/mol. The van der Waals surface area contributed by atoms with Crippen LogP contribution in [0.5, 0.6) is 5.75 Å². The van der Waals surface area contributed by atoms with Gasteiger partial charge in [0.15, 0.2) is 5.01 Å². The Morgan fingerprint density at radius 2 is 2.19 bits per heavy atom. The first-order valence-electron chi connectivity index (χ1n) is 6.09. The van der Waals surface area contributed by atoms with Crippen LogP contribution < -0.4 is 4.74 Å². The van der Waals surface area contributed by atoms with Crippen LogP contribution in [0.15, 0.2) is 17.5 Å². The minimum absolute atomic E-state index is 0.374. The summed E-state index contributed by atoms with van der Waals surface area (Å²) in [6.07, 6.45) is 0. The molecule has 106 valence electrons. The summed E-state index contributed by atoms with van der Waals surface area (Å²) in [5, 5.41) is 12.7. The van der Waals surface area contributed by atoms with Crippen LogP contribution in [0.1, 0.15) is 10.0 Å². The van der Waals surface area contributed by atoms with Crippen LogP contribution in [0.3, 0.4) is 0 Å². The van der Waals surface area contributed by atoms with Gasteiger partial charge in [0, 0.05) is 11.5 Å². The first kappa shape index (κ1) is 13.4. The number of thiazole rings is 1. The molecule has 0 radical (unpaired) electrons. The van der Waals surface area contributed by atoms with Crippen molar-refractivity contribution in [3.8, 4) is 5.75 Å². The highest BCUT2D eigenvalue weighted by Gasteiger charge is 2.13. The van der Waals surface area contributed by atoms with Gasteiger partial charge in [-0.3, -0.25) is 0 Å². The van der Waals surface area contributed by atoms with Crippen LogP contribution in [-0.2, 0) is 6.61 Å². The van der Waals surface area contributed by atoms with Gasteiger partial charge in [0.1, 0.15) is 12.4 Å². The molecule has 0 fully saturated rings. The van der Waals surface area contributed by atoms with E-state index < -0.39 is 0 Å². The third-order valence-electron chi connectivity index (χ3n) is 2.96. The lowest BCUT2D eigenvalue weighted by Gasteiger charge is -2.05. The van der Waals surface area contributed by atoms with E-state index in [0.717, 1.165) is 31.4 Å². The van der Waals surface area contributed by atoms with Crippen LogP contribution in [0, 0.1) is 6.92 Å². The van der Waals surface area contributed by atoms with Crippen molar-refractivity contribution < 1.29 is 4.74 Å². The molecule has 0 saturated carbocycles. The summed E-state index contributed by atoms with van der Waals surface area (Å²) < 4.78 is 8.68. The number of halogens is 1. The van der Waals surface area contributed by atoms with Gasteiger partial charge in [-0.25, -0.2) is 4.98 Å². The maximum absolute atomic E-state index is 5.93. The molecule has 3 heterocycles. The maximum Gasteiger partial charge on any atom is 0.207 e. The number of nitrogens with zero attached hydrogens (tertiary/aromatic N) is 3. The first-order chi connectivity index (χ1) is 10.2. The summed E-state index contributed by atoms with van der Waals surface area (Å²) in [6.45, 7) is 2.40. The first-order valence-corrected chi connectivity index (χ1v) is 8.98. The lowest BCUT2D eigenvalue weighted by atomic mass is 10.2. The van der Waals surface area contributed by atoms with Crippen molar-refractivity contribution in [2.75, 3.05) is 0 Å². The Labute approximate surface area is 137 Å². The summed E-state index contributed by atoms with van der Waals surface area (Å²) in [4.78, 5) is 4.61. The second kappa shape index (κ2) is 5.17. The Hall–Kier alpha value is -1.28. The molecule has 0 aliphatic rings. The van der Waals surface area contributed by atoms with Gasteiger partial charge in [-0.05, 0) is 30.0 Å². The molecular formula is C13H8ClN3OS3. The van der Waals surface area contributed by atoms with E-state index in [1.807, 2.05) is 6.92 Å². The van der Waals surface area contributed by atoms with Crippen molar-refractivity contribution in [2.45, 2.75) is 13.5 Å². The molecule has 0 aliphatic carbocycles. The summed E-state index contributed by atoms with van der Waals surface area (Å²) >= 11 is 10.5. The number of rotatable bonds is 3. The third kappa shape index (κ3) is 2.40. The molecule has 4 aromatic rings. The predicted octanol–water partition coefficient (Wildman–Crippen LogP) is 4.90. The minimum atomic E-state index is 0.374. The molecule has 4 rings (SSSR count). The molecule has 4 nitrogen and oxygen atoms in total. The van der Waals surface area contributed by atoms with Gasteiger partial charge in [-0.1, -0.05) is 11.3 Å². The molecule has 0 aliphatic heterocycles. The molecular weight excluding hydrogens is 346 g/mol. The Morgan fingerprint density at radius 3 is 3.00 bits per heavy atom. The van der Waals surface area contributed by atoms with Crippen molar-refractivity contribution in [1.29, 1.82) is 0 Å². The SMILES string of the molecule is Cc1nc2c(cc(OCc3nnc(Cl)s3)c3ccsc32)s1. The smallest absolute Gasteiger partial charge is 0.207 e. The molecule has 0 amide bonds. The van der Waals surface area contributed by atoms with Crippen LogP contribution in [0.25, 0.3) is 20.3 Å². The molecule has 0 bridgehead atoms. The minimum Gasteiger partial charge on any atom is -0.486 e. The highest BCUT2D eigenvalue weighted by atomic mass is 35.5. The van der Waals surface area contributed by atoms with Gasteiger partial charge < -0.3 is 4.74 Å². The molecule has 0 saturated heterocycles. The molecule has 0 N–H and O–H groups in total. The van der Waals surface area contributed by atoms with E-state index in [9.17, 15) is 0 Å². The van der Waals surface area contributed by atoms with Crippen molar-refractivity contribution in [1.82, 2.24) is 15.2 Å². The van der Waals surface area contributed by atoms with E-state index in [-0.39, 0.29) is 0 Å². The zero-order valence-electron chi connectivity index (χ0n) is 10.8. The summed E-state index contributed by atoms with van der Waals surface area (Å²) in [7, 11) is 0. The predicted molar refractivity (Wildman–Crippen MR) is 89.0 cm³/mol. The molecule has 0 atom stereocenters. The van der Waals surface area contributed by atoms with E-state index in [0.29, 0.717) is 11.1 Å². The van der Waals surface area contributed by atoms with Crippen LogP contribution in [-0.4, -0.2) is 15.2 Å². The molecule has 0 spiro atoms. The Kier molecular flexibility index (Phi) is 3.30. The number of hydrogen-bond acceptors (Lipinski definition) is 7. The number of thiophene rings is 1. The normalized spacial score (nSPS) is 11.5. The zero-order chi connectivity index (χ0) is 14.4. The average Bonchev–Trinajstić information content (AvgIpc) is 3.14. The van der Waals surface area contributed by atoms with Crippen molar-refractivity contribution in [3.63, 3.8) is 0 Å². The zero-order valence-corrected chi connectivity index (χ0v) is 14.0. The topological polar surface area (TPSA) is 47.9 Å². The number of benzene rings is 1. The van der Waals surface area contributed by atoms with Gasteiger partial charge in [0.2, 0.25) is 4.47 Å². The second-order valence-electron chi connectivity index (χ2n) is 4.36. The molecule has 1 aromatic carbocycles. The Balaban J connectivity index is 1.77. The van der Waals surface area contributed by atoms with Gasteiger partial charge in [0.25, 0.3) is 0 Å². The van der Waals surface area contributed by atoms with Gasteiger partial charge in [-0.2, -0.15) is 0 Å². The van der Waals surface area contributed by atoms with E-state index in [1.54, 1.807) is 22.7 Å². The number of hydrogen-bond donors (Lipinski definition) is 0. The maximum atomic E-state index is 5.93. The summed E-state index contributed by atoms with van der Waals surface area (Å²) in [5.41, 5.74) is 1.06. The lowest BCUT2D eigenvalue weighted by Crippen LogP contribution is -1.95. The van der Waals surface area contributed by atoms with Crippen molar-refractivity contribution in [2.24, 2.45) is 0 Å². The highest BCUT2D eigenvalue weighted by Crippen LogP contribution is 2.39. The Morgan fingerprint density at radius 1 is 1.29 bits per heavy atom. The summed E-state index contributed by atoms with van der Waals surface area (Å²) in [5.74, 6) is 0.855. The highest BCUT2D eigenvalue weighted by molar-refractivity contribution is 7.21. The quantitative estimate of drug-likeness (QED) is 0.525. The van der Waals surface area contributed by atoms with E-state index in [4.69, 9.17) is 16.3 Å². The van der Waals surface area contributed by atoms with Gasteiger partial charge in [0.05, 0.1) is 19.9 Å². The molecule has 8 heteroatoms. The molecule has 3 aromatic heterocycles. The number of ether oxygens (including phenoxy) is 1. The molecule has 21 heavy (non-hydrogen) atoms. The second-order valence-corrected chi connectivity index (χ2v) is 8.15. The van der Waals surface area contributed by atoms with Crippen molar-refractivity contribution in [3.05, 3.63) is 32.0 Å². The fourth-order valence-corrected chi connectivity index (χ4v) is 4.75. The Bertz CT molecular complexity index is 943. The fourth-order valence-electron chi connectivity index (χ4n) is 2.14. The average molecular weight is 354 g/mol. The van der Waals surface area contributed by atoms with E-state index >= 15 is 0 Å². The third-order valence-corrected chi connectivity index (χ3v) is 5.79. The lowest BCUT2D eigenvalue weighted by molar-refractivity contribution is 0.309. The fraction of sp³-hybridized carbons (Fsp3) is 0.154. The van der Waals surface area contributed by atoms with Crippen LogP contribution in [0.2, 0.25) is 4.47 Å². The largest absolute Gasteiger partial charge is 0.486 e. The van der Waals surface area contributed by atoms with Gasteiger partial charge >= 0.3 is 0 Å². The van der Waals surface area contributed by atoms with E-state index in [1.165, 1.54) is 16.0 Å². The standard InChI is InChI=1S/C13H8ClN3OS3/c1-6-15-11-9(20-6)4-8(7-2-3-19-12(7)11)18-5-10-16-17-13(14)21-10/h2-4H,5H2,1H3. The van der Waals surface area contributed by atoms with Crippen LogP contribution >= 0.6 is 45.6 Å². The number of aryl methyl sites for hydroxylation is 1. The number of aromatic nitrogens is 3. The summed E-state index contributed by atoms with van der Waals surface area (Å²) in [6, 6.07) is 4.12. The molecule has 0 unspecified atom stereocenters. The van der Waals surface area contributed by atoms with Crippen molar-refractivity contribution >= 4 is 65.9 Å².